The Morgan fingerprint density at radius 3 is 2.53 bits per heavy atom. The van der Waals surface area contributed by atoms with Gasteiger partial charge >= 0.3 is 12.2 Å². The molecule has 0 saturated heterocycles. The molecule has 0 aliphatic carbocycles. The minimum Gasteiger partial charge on any atom is -0.477 e. The van der Waals surface area contributed by atoms with Gasteiger partial charge in [-0.15, -0.1) is 0 Å². The molecular weight excluding hydrogens is 521 g/mol. The van der Waals surface area contributed by atoms with Crippen LogP contribution in [0.5, 0.6) is 5.75 Å². The highest BCUT2D eigenvalue weighted by Crippen LogP contribution is 2.35. The summed E-state index contributed by atoms with van der Waals surface area (Å²) in [6.07, 6.45) is -9.51. The molecule has 206 valence electrons. The third-order valence-electron chi connectivity index (χ3n) is 5.53. The van der Waals surface area contributed by atoms with Crippen LogP contribution in [0.15, 0.2) is 18.3 Å². The van der Waals surface area contributed by atoms with Gasteiger partial charge in [-0.3, -0.25) is 10.2 Å². The third kappa shape index (κ3) is 6.44. The van der Waals surface area contributed by atoms with Crippen LogP contribution in [0.4, 0.5) is 38.4 Å². The lowest BCUT2D eigenvalue weighted by Crippen LogP contribution is -2.40. The zero-order valence-electron chi connectivity index (χ0n) is 20.5. The quantitative estimate of drug-likeness (QED) is 0.361. The number of hydrogen-bond acceptors (Lipinski definition) is 8. The van der Waals surface area contributed by atoms with Gasteiger partial charge in [0.2, 0.25) is 12.4 Å². The van der Waals surface area contributed by atoms with Crippen molar-refractivity contribution in [1.29, 1.82) is 5.26 Å². The Bertz CT molecular complexity index is 1190. The Morgan fingerprint density at radius 1 is 1.24 bits per heavy atom. The molecule has 38 heavy (non-hydrogen) atoms. The molecule has 2 amide bonds. The van der Waals surface area contributed by atoms with Gasteiger partial charge in [-0.1, -0.05) is 0 Å². The number of carbonyl (C=O) groups is 1. The molecule has 1 aliphatic rings. The molecule has 0 unspecified atom stereocenters. The average molecular weight is 545 g/mol. The molecule has 0 fully saturated rings. The molecule has 2 aromatic rings. The summed E-state index contributed by atoms with van der Waals surface area (Å²) in [5.41, 5.74) is -0.508. The molecule has 1 N–H and O–H groups in total. The van der Waals surface area contributed by atoms with E-state index < -0.39 is 48.9 Å². The zero-order chi connectivity index (χ0) is 28.0. The Labute approximate surface area is 214 Å². The van der Waals surface area contributed by atoms with Gasteiger partial charge in [-0.05, 0) is 24.5 Å². The van der Waals surface area contributed by atoms with Crippen molar-refractivity contribution in [2.75, 3.05) is 44.7 Å². The van der Waals surface area contributed by atoms with Gasteiger partial charge in [0, 0.05) is 39.5 Å². The first-order valence-electron chi connectivity index (χ1n) is 11.1. The lowest BCUT2D eigenvalue weighted by Gasteiger charge is -2.30. The number of rotatable bonds is 9. The maximum absolute atomic E-state index is 13.7. The van der Waals surface area contributed by atoms with Crippen LogP contribution in [0, 0.1) is 11.3 Å². The summed E-state index contributed by atoms with van der Waals surface area (Å²) < 4.78 is 87.0. The summed E-state index contributed by atoms with van der Waals surface area (Å²) >= 11 is 0. The molecular formula is C23H24F5N5O5. The number of nitriles is 1. The number of nitrogens with zero attached hydrogens (tertiary/aromatic N) is 4. The molecule has 3 heterocycles. The Kier molecular flexibility index (Phi) is 9.36. The van der Waals surface area contributed by atoms with Gasteiger partial charge in [0.25, 0.3) is 6.43 Å². The summed E-state index contributed by atoms with van der Waals surface area (Å²) in [5.74, 6) is -0.596. The predicted octanol–water partition coefficient (Wildman–Crippen LogP) is 4.52. The second kappa shape index (κ2) is 12.3. The Morgan fingerprint density at radius 2 is 1.95 bits per heavy atom. The Hall–Kier alpha value is -3.61. The van der Waals surface area contributed by atoms with Crippen molar-refractivity contribution in [3.8, 4) is 11.8 Å². The molecule has 3 rings (SSSR count). The number of halogens is 5. The fraction of sp³-hybridized carbons (Fsp3) is 0.478. The van der Waals surface area contributed by atoms with E-state index in [1.807, 2.05) is 0 Å². The number of methoxy groups -OCH3 is 3. The van der Waals surface area contributed by atoms with Crippen molar-refractivity contribution in [3.05, 3.63) is 40.7 Å². The van der Waals surface area contributed by atoms with E-state index in [1.54, 1.807) is 6.07 Å². The monoisotopic (exact) mass is 545 g/mol. The highest BCUT2D eigenvalue weighted by molar-refractivity contribution is 6.01. The van der Waals surface area contributed by atoms with E-state index in [-0.39, 0.29) is 29.4 Å². The van der Waals surface area contributed by atoms with Crippen molar-refractivity contribution in [3.63, 3.8) is 0 Å². The minimum atomic E-state index is -4.80. The second-order valence-electron chi connectivity index (χ2n) is 8.02. The molecule has 2 aromatic heterocycles. The number of carbonyl (C=O) groups excluding carboxylic acids is 1. The number of nitrogens with one attached hydrogen (secondary N) is 1. The van der Waals surface area contributed by atoms with Crippen LogP contribution in [-0.2, 0) is 20.6 Å². The smallest absolute Gasteiger partial charge is 0.427 e. The van der Waals surface area contributed by atoms with Crippen LogP contribution in [-0.4, -0.2) is 62.8 Å². The topological polar surface area (TPSA) is 119 Å². The minimum absolute atomic E-state index is 0.0922. The van der Waals surface area contributed by atoms with Crippen LogP contribution >= 0.6 is 0 Å². The predicted molar refractivity (Wildman–Crippen MR) is 122 cm³/mol. The van der Waals surface area contributed by atoms with Gasteiger partial charge < -0.3 is 18.9 Å². The molecule has 0 aromatic carbocycles. The van der Waals surface area contributed by atoms with E-state index in [9.17, 15) is 32.0 Å². The molecule has 0 spiro atoms. The molecule has 1 atom stereocenters. The molecule has 15 heteroatoms. The summed E-state index contributed by atoms with van der Waals surface area (Å²) in [6, 6.07) is 3.11. The number of urea groups is 1. The maximum atomic E-state index is 13.7. The first-order valence-corrected chi connectivity index (χ1v) is 11.1. The summed E-state index contributed by atoms with van der Waals surface area (Å²) in [7, 11) is 3.57. The SMILES string of the molecule is COC[C@@H](Oc1cc(NC(=O)N2CCCc3cc(C(F)F)c(C(OC)OC)nc32)ncc1C#N)C(F)(F)F. The van der Waals surface area contributed by atoms with E-state index in [0.717, 1.165) is 19.4 Å². The van der Waals surface area contributed by atoms with Gasteiger partial charge in [0.15, 0.2) is 0 Å². The molecule has 0 radical (unpaired) electrons. The molecule has 10 nitrogen and oxygen atoms in total. The van der Waals surface area contributed by atoms with E-state index in [0.29, 0.717) is 18.4 Å². The van der Waals surface area contributed by atoms with Crippen LogP contribution in [0.1, 0.15) is 41.5 Å². The van der Waals surface area contributed by atoms with E-state index in [4.69, 9.17) is 14.2 Å². The number of aryl methyl sites for hydroxylation is 1. The summed E-state index contributed by atoms with van der Waals surface area (Å²) in [6.45, 7) is -0.672. The highest BCUT2D eigenvalue weighted by Gasteiger charge is 2.42. The second-order valence-corrected chi connectivity index (χ2v) is 8.02. The Balaban J connectivity index is 1.92. The number of anilines is 2. The fourth-order valence-electron chi connectivity index (χ4n) is 3.77. The van der Waals surface area contributed by atoms with E-state index in [2.05, 4.69) is 20.0 Å². The lowest BCUT2D eigenvalue weighted by atomic mass is 10.0. The van der Waals surface area contributed by atoms with Crippen LogP contribution < -0.4 is 15.0 Å². The summed E-state index contributed by atoms with van der Waals surface area (Å²) in [5, 5.41) is 11.7. The number of alkyl halides is 5. The van der Waals surface area contributed by atoms with Crippen molar-refractivity contribution < 1.29 is 45.7 Å². The molecule has 0 bridgehead atoms. The molecule has 0 saturated carbocycles. The fourth-order valence-corrected chi connectivity index (χ4v) is 3.77. The number of ether oxygens (including phenoxy) is 4. The van der Waals surface area contributed by atoms with Gasteiger partial charge in [-0.25, -0.2) is 23.5 Å². The van der Waals surface area contributed by atoms with E-state index >= 15 is 0 Å². The van der Waals surface area contributed by atoms with Crippen molar-refractivity contribution >= 4 is 17.7 Å². The van der Waals surface area contributed by atoms with Gasteiger partial charge in [-0.2, -0.15) is 18.4 Å². The number of pyridine rings is 2. The van der Waals surface area contributed by atoms with Crippen molar-refractivity contribution in [2.45, 2.75) is 37.8 Å². The standard InChI is InChI=1S/C23H24F5N5O5/c1-35-11-16(23(26,27)28)38-15-8-17(30-10-13(15)9-29)31-22(34)33-6-4-5-12-7-14(19(24)25)18(32-20(12)33)21(36-2)37-3/h7-8,10,16,19,21H,4-6,11H2,1-3H3,(H,30,31,34)/t16-/m1/s1. The number of fused-ring (bicyclic) bond motifs is 1. The number of hydrogen-bond donors (Lipinski definition) is 1. The lowest BCUT2D eigenvalue weighted by molar-refractivity contribution is -0.206. The molecule has 1 aliphatic heterocycles. The first kappa shape index (κ1) is 29.0. The highest BCUT2D eigenvalue weighted by atomic mass is 19.4. The normalized spacial score (nSPS) is 14.3. The number of amides is 2. The number of aromatic nitrogens is 2. The van der Waals surface area contributed by atoms with Gasteiger partial charge in [0.05, 0.1) is 12.8 Å². The first-order chi connectivity index (χ1) is 18.0. The largest absolute Gasteiger partial charge is 0.477 e. The maximum Gasteiger partial charge on any atom is 0.427 e. The van der Waals surface area contributed by atoms with Crippen molar-refractivity contribution in [1.82, 2.24) is 9.97 Å². The zero-order valence-corrected chi connectivity index (χ0v) is 20.5. The van der Waals surface area contributed by atoms with Crippen LogP contribution in [0.2, 0.25) is 0 Å². The van der Waals surface area contributed by atoms with Gasteiger partial charge in [0.1, 0.15) is 34.7 Å². The van der Waals surface area contributed by atoms with Crippen LogP contribution in [0.3, 0.4) is 0 Å². The van der Waals surface area contributed by atoms with E-state index in [1.165, 1.54) is 25.2 Å². The average Bonchev–Trinajstić information content (AvgIpc) is 2.88. The summed E-state index contributed by atoms with van der Waals surface area (Å²) in [4.78, 5) is 22.5. The van der Waals surface area contributed by atoms with Crippen molar-refractivity contribution in [2.24, 2.45) is 0 Å². The van der Waals surface area contributed by atoms with Crippen LogP contribution in [0.25, 0.3) is 0 Å². The third-order valence-corrected chi connectivity index (χ3v) is 5.53.